The van der Waals surface area contributed by atoms with E-state index in [4.69, 9.17) is 0 Å². The second-order valence-corrected chi connectivity index (χ2v) is 4.75. The van der Waals surface area contributed by atoms with E-state index in [-0.39, 0.29) is 5.91 Å². The zero-order valence-electron chi connectivity index (χ0n) is 10.3. The molecule has 4 heteroatoms. The first kappa shape index (κ1) is 11.3. The first-order valence-corrected chi connectivity index (χ1v) is 6.18. The average Bonchev–Trinajstić information content (AvgIpc) is 2.65. The summed E-state index contributed by atoms with van der Waals surface area (Å²) in [5, 5.41) is 9.81. The van der Waals surface area contributed by atoms with Crippen molar-refractivity contribution in [2.24, 2.45) is 0 Å². The highest BCUT2D eigenvalue weighted by molar-refractivity contribution is 6.03. The number of hydrogen-bond donors (Lipinski definition) is 1. The van der Waals surface area contributed by atoms with E-state index in [0.717, 1.165) is 30.9 Å². The monoisotopic (exact) mass is 244 g/mol. The second-order valence-electron chi connectivity index (χ2n) is 4.75. The van der Waals surface area contributed by atoms with Crippen molar-refractivity contribution in [2.45, 2.75) is 12.5 Å². The quantitative estimate of drug-likeness (QED) is 0.761. The van der Waals surface area contributed by atoms with E-state index in [9.17, 15) is 9.90 Å². The van der Waals surface area contributed by atoms with Gasteiger partial charge in [0.25, 0.3) is 5.91 Å². The van der Waals surface area contributed by atoms with E-state index < -0.39 is 6.10 Å². The standard InChI is InChI=1S/C14H16N2O2/c1-15-12-9-10(16-7-3-2-4-8-16)5-6-11(12)13(17)14(15)18/h2-3,5-6,9,13,17H,4,7-8H2,1H3. The molecular formula is C14H16N2O2. The minimum absolute atomic E-state index is 0.249. The molecule has 1 aromatic rings. The number of aliphatic hydroxyl groups excluding tert-OH is 1. The van der Waals surface area contributed by atoms with Gasteiger partial charge in [0, 0.05) is 31.4 Å². The molecule has 0 bridgehead atoms. The average molecular weight is 244 g/mol. The van der Waals surface area contributed by atoms with Crippen molar-refractivity contribution in [3.8, 4) is 0 Å². The summed E-state index contributed by atoms with van der Waals surface area (Å²) in [7, 11) is 1.71. The molecule has 1 unspecified atom stereocenters. The molecule has 1 atom stereocenters. The predicted molar refractivity (Wildman–Crippen MR) is 70.8 cm³/mol. The fourth-order valence-electron chi connectivity index (χ4n) is 2.56. The number of carbonyl (C=O) groups excluding carboxylic acids is 1. The maximum absolute atomic E-state index is 11.7. The van der Waals surface area contributed by atoms with Crippen molar-refractivity contribution in [1.82, 2.24) is 0 Å². The van der Waals surface area contributed by atoms with Crippen molar-refractivity contribution in [1.29, 1.82) is 0 Å². The van der Waals surface area contributed by atoms with Crippen LogP contribution in [0.4, 0.5) is 11.4 Å². The van der Waals surface area contributed by atoms with Crippen molar-refractivity contribution >= 4 is 17.3 Å². The third-order valence-corrected chi connectivity index (χ3v) is 3.66. The molecule has 2 aliphatic heterocycles. The van der Waals surface area contributed by atoms with Crippen LogP contribution in [0, 0.1) is 0 Å². The van der Waals surface area contributed by atoms with E-state index in [0.29, 0.717) is 5.56 Å². The summed E-state index contributed by atoms with van der Waals surface area (Å²) in [6.45, 7) is 1.90. The number of anilines is 2. The summed E-state index contributed by atoms with van der Waals surface area (Å²) in [5.41, 5.74) is 2.63. The summed E-state index contributed by atoms with van der Waals surface area (Å²) in [6, 6.07) is 5.82. The van der Waals surface area contributed by atoms with Gasteiger partial charge < -0.3 is 14.9 Å². The van der Waals surface area contributed by atoms with Crippen LogP contribution >= 0.6 is 0 Å². The van der Waals surface area contributed by atoms with Gasteiger partial charge in [-0.2, -0.15) is 0 Å². The van der Waals surface area contributed by atoms with E-state index in [1.807, 2.05) is 18.2 Å². The summed E-state index contributed by atoms with van der Waals surface area (Å²) in [4.78, 5) is 15.5. The van der Waals surface area contributed by atoms with Crippen LogP contribution < -0.4 is 9.80 Å². The van der Waals surface area contributed by atoms with Gasteiger partial charge in [0.1, 0.15) is 0 Å². The number of benzene rings is 1. The number of nitrogens with zero attached hydrogens (tertiary/aromatic N) is 2. The highest BCUT2D eigenvalue weighted by Crippen LogP contribution is 2.37. The maximum atomic E-state index is 11.7. The SMILES string of the molecule is CN1C(=O)C(O)c2ccc(N3CC=CCC3)cc21. The lowest BCUT2D eigenvalue weighted by Gasteiger charge is -2.26. The number of carbonyl (C=O) groups is 1. The third kappa shape index (κ3) is 1.61. The zero-order valence-corrected chi connectivity index (χ0v) is 10.3. The topological polar surface area (TPSA) is 43.8 Å². The molecule has 3 rings (SSSR count). The van der Waals surface area contributed by atoms with Gasteiger partial charge in [-0.15, -0.1) is 0 Å². The molecule has 0 saturated carbocycles. The molecular weight excluding hydrogens is 228 g/mol. The minimum atomic E-state index is -1.000. The summed E-state index contributed by atoms with van der Waals surface area (Å²) in [5.74, 6) is -0.249. The van der Waals surface area contributed by atoms with Crippen molar-refractivity contribution in [3.63, 3.8) is 0 Å². The fourth-order valence-corrected chi connectivity index (χ4v) is 2.56. The molecule has 0 saturated heterocycles. The number of likely N-dealkylation sites (N-methyl/N-ethyl adjacent to an activating group) is 1. The molecule has 1 amide bonds. The van der Waals surface area contributed by atoms with E-state index in [1.54, 1.807) is 7.05 Å². The molecule has 2 aliphatic rings. The first-order valence-electron chi connectivity index (χ1n) is 6.18. The Morgan fingerprint density at radius 2 is 2.17 bits per heavy atom. The molecule has 0 radical (unpaired) electrons. The molecule has 0 spiro atoms. The van der Waals surface area contributed by atoms with Gasteiger partial charge in [0.15, 0.2) is 6.10 Å². The molecule has 18 heavy (non-hydrogen) atoms. The number of fused-ring (bicyclic) bond motifs is 1. The summed E-state index contributed by atoms with van der Waals surface area (Å²) >= 11 is 0. The Morgan fingerprint density at radius 1 is 1.33 bits per heavy atom. The van der Waals surface area contributed by atoms with Crippen LogP contribution in [0.1, 0.15) is 18.1 Å². The zero-order chi connectivity index (χ0) is 12.7. The normalized spacial score (nSPS) is 22.6. The van der Waals surface area contributed by atoms with Crippen LogP contribution in [0.25, 0.3) is 0 Å². The van der Waals surface area contributed by atoms with Crippen LogP contribution in [0.5, 0.6) is 0 Å². The lowest BCUT2D eigenvalue weighted by atomic mass is 10.1. The maximum Gasteiger partial charge on any atom is 0.260 e. The van der Waals surface area contributed by atoms with Crippen LogP contribution in [0.3, 0.4) is 0 Å². The number of aliphatic hydroxyl groups is 1. The minimum Gasteiger partial charge on any atom is -0.378 e. The van der Waals surface area contributed by atoms with Gasteiger partial charge in [-0.25, -0.2) is 0 Å². The van der Waals surface area contributed by atoms with Crippen LogP contribution in [0.2, 0.25) is 0 Å². The molecule has 0 aromatic heterocycles. The van der Waals surface area contributed by atoms with Gasteiger partial charge in [-0.05, 0) is 18.6 Å². The van der Waals surface area contributed by atoms with Crippen molar-refractivity contribution < 1.29 is 9.90 Å². The Labute approximate surface area is 106 Å². The molecule has 94 valence electrons. The van der Waals surface area contributed by atoms with Gasteiger partial charge in [0.2, 0.25) is 0 Å². The number of hydrogen-bond acceptors (Lipinski definition) is 3. The summed E-state index contributed by atoms with van der Waals surface area (Å²) in [6.07, 6.45) is 4.39. The van der Waals surface area contributed by atoms with E-state index in [1.165, 1.54) is 4.90 Å². The van der Waals surface area contributed by atoms with E-state index in [2.05, 4.69) is 17.1 Å². The Hall–Kier alpha value is -1.81. The Kier molecular flexibility index (Phi) is 2.59. The largest absolute Gasteiger partial charge is 0.378 e. The summed E-state index contributed by atoms with van der Waals surface area (Å²) < 4.78 is 0. The van der Waals surface area contributed by atoms with Crippen molar-refractivity contribution in [2.75, 3.05) is 29.9 Å². The molecule has 0 aliphatic carbocycles. The van der Waals surface area contributed by atoms with Crippen molar-refractivity contribution in [3.05, 3.63) is 35.9 Å². The lowest BCUT2D eigenvalue weighted by Crippen LogP contribution is -2.27. The smallest absolute Gasteiger partial charge is 0.260 e. The molecule has 0 fully saturated rings. The highest BCUT2D eigenvalue weighted by atomic mass is 16.3. The number of amides is 1. The highest BCUT2D eigenvalue weighted by Gasteiger charge is 2.33. The Morgan fingerprint density at radius 3 is 2.89 bits per heavy atom. The third-order valence-electron chi connectivity index (χ3n) is 3.66. The van der Waals surface area contributed by atoms with Gasteiger partial charge >= 0.3 is 0 Å². The molecule has 1 N–H and O–H groups in total. The van der Waals surface area contributed by atoms with Crippen LogP contribution in [-0.2, 0) is 4.79 Å². The predicted octanol–water partition coefficient (Wildman–Crippen LogP) is 1.46. The van der Waals surface area contributed by atoms with Gasteiger partial charge in [-0.3, -0.25) is 4.79 Å². The molecule has 1 aromatic carbocycles. The van der Waals surface area contributed by atoms with Crippen LogP contribution in [0.15, 0.2) is 30.4 Å². The fraction of sp³-hybridized carbons (Fsp3) is 0.357. The van der Waals surface area contributed by atoms with E-state index >= 15 is 0 Å². The lowest BCUT2D eigenvalue weighted by molar-refractivity contribution is -0.125. The molecule has 2 heterocycles. The van der Waals surface area contributed by atoms with Gasteiger partial charge in [-0.1, -0.05) is 18.2 Å². The van der Waals surface area contributed by atoms with Gasteiger partial charge in [0.05, 0.1) is 5.69 Å². The number of rotatable bonds is 1. The van der Waals surface area contributed by atoms with Crippen LogP contribution in [-0.4, -0.2) is 31.2 Å². The Balaban J connectivity index is 1.97. The Bertz CT molecular complexity index is 525. The first-order chi connectivity index (χ1) is 8.68. The molecule has 4 nitrogen and oxygen atoms in total. The second kappa shape index (κ2) is 4.14.